The second kappa shape index (κ2) is 10.5. The molecule has 35 heavy (non-hydrogen) atoms. The summed E-state index contributed by atoms with van der Waals surface area (Å²) in [6.07, 6.45) is 2.64. The Morgan fingerprint density at radius 1 is 1.09 bits per heavy atom. The molecule has 0 spiro atoms. The van der Waals surface area contributed by atoms with Gasteiger partial charge in [0.05, 0.1) is 10.7 Å². The van der Waals surface area contributed by atoms with E-state index in [0.29, 0.717) is 5.95 Å². The van der Waals surface area contributed by atoms with Gasteiger partial charge in [0.25, 0.3) is 5.91 Å². The SMILES string of the molecule is CN(C)c1nc(NC2CCC(NC(=O)c3ccc(OC(F)(F)F)c(Cl)c3)CC2)nc2c1CCCC2. The highest BCUT2D eigenvalue weighted by atomic mass is 35.5. The lowest BCUT2D eigenvalue weighted by Crippen LogP contribution is -2.40. The molecule has 0 saturated heterocycles. The number of nitrogens with zero attached hydrogens (tertiary/aromatic N) is 3. The van der Waals surface area contributed by atoms with Crippen LogP contribution >= 0.6 is 11.6 Å². The van der Waals surface area contributed by atoms with E-state index in [1.165, 1.54) is 17.7 Å². The third-order valence-corrected chi connectivity index (χ3v) is 6.70. The molecule has 1 saturated carbocycles. The molecule has 4 rings (SSSR count). The summed E-state index contributed by atoms with van der Waals surface area (Å²) in [5.74, 6) is 0.709. The molecule has 190 valence electrons. The lowest BCUT2D eigenvalue weighted by atomic mass is 9.91. The van der Waals surface area contributed by atoms with Crippen molar-refractivity contribution >= 4 is 29.3 Å². The Balaban J connectivity index is 1.32. The van der Waals surface area contributed by atoms with Crippen molar-refractivity contribution in [3.05, 3.63) is 40.0 Å². The fraction of sp³-hybridized carbons (Fsp3) is 0.542. The number of aromatic nitrogens is 2. The zero-order chi connectivity index (χ0) is 25.2. The third-order valence-electron chi connectivity index (χ3n) is 6.40. The van der Waals surface area contributed by atoms with Crippen molar-refractivity contribution < 1.29 is 22.7 Å². The van der Waals surface area contributed by atoms with E-state index in [-0.39, 0.29) is 28.6 Å². The number of ether oxygens (including phenoxy) is 1. The van der Waals surface area contributed by atoms with Crippen molar-refractivity contribution in [2.24, 2.45) is 0 Å². The first-order valence-electron chi connectivity index (χ1n) is 11.8. The average molecular weight is 512 g/mol. The van der Waals surface area contributed by atoms with Gasteiger partial charge in [-0.05, 0) is 69.6 Å². The Bertz CT molecular complexity index is 1070. The first kappa shape index (κ1) is 25.3. The minimum atomic E-state index is -4.85. The van der Waals surface area contributed by atoms with Gasteiger partial charge in [0.1, 0.15) is 11.6 Å². The lowest BCUT2D eigenvalue weighted by molar-refractivity contribution is -0.274. The van der Waals surface area contributed by atoms with E-state index in [1.807, 2.05) is 19.0 Å². The molecule has 2 aliphatic rings. The summed E-state index contributed by atoms with van der Waals surface area (Å²) in [5.41, 5.74) is 2.56. The Kier molecular flexibility index (Phi) is 7.59. The number of anilines is 2. The lowest BCUT2D eigenvalue weighted by Gasteiger charge is -2.30. The summed E-state index contributed by atoms with van der Waals surface area (Å²) in [5, 5.41) is 6.16. The van der Waals surface area contributed by atoms with Crippen molar-refractivity contribution in [3.63, 3.8) is 0 Å². The number of hydrogen-bond donors (Lipinski definition) is 2. The highest BCUT2D eigenvalue weighted by Crippen LogP contribution is 2.32. The number of benzene rings is 1. The minimum absolute atomic E-state index is 0.0350. The van der Waals surface area contributed by atoms with Crippen LogP contribution in [-0.4, -0.2) is 48.4 Å². The minimum Gasteiger partial charge on any atom is -0.404 e. The molecule has 11 heteroatoms. The highest BCUT2D eigenvalue weighted by molar-refractivity contribution is 6.32. The molecule has 7 nitrogen and oxygen atoms in total. The molecule has 1 fully saturated rings. The fourth-order valence-electron chi connectivity index (χ4n) is 4.69. The normalized spacial score (nSPS) is 20.1. The Labute approximate surface area is 207 Å². The van der Waals surface area contributed by atoms with E-state index in [9.17, 15) is 18.0 Å². The van der Waals surface area contributed by atoms with Gasteiger partial charge in [-0.1, -0.05) is 11.6 Å². The van der Waals surface area contributed by atoms with E-state index >= 15 is 0 Å². The molecule has 1 aromatic heterocycles. The number of aryl methyl sites for hydroxylation is 1. The molecule has 0 aliphatic heterocycles. The number of halogens is 4. The van der Waals surface area contributed by atoms with Crippen LogP contribution in [0.5, 0.6) is 5.75 Å². The van der Waals surface area contributed by atoms with E-state index in [4.69, 9.17) is 21.6 Å². The summed E-state index contributed by atoms with van der Waals surface area (Å²) in [7, 11) is 4.00. The van der Waals surface area contributed by atoms with Gasteiger partial charge in [0, 0.05) is 37.3 Å². The zero-order valence-corrected chi connectivity index (χ0v) is 20.5. The molecule has 0 radical (unpaired) electrons. The van der Waals surface area contributed by atoms with Crippen LogP contribution in [0.25, 0.3) is 0 Å². The molecule has 0 bridgehead atoms. The van der Waals surface area contributed by atoms with E-state index < -0.39 is 12.1 Å². The van der Waals surface area contributed by atoms with Crippen LogP contribution in [-0.2, 0) is 12.8 Å². The fourth-order valence-corrected chi connectivity index (χ4v) is 4.91. The van der Waals surface area contributed by atoms with Gasteiger partial charge in [-0.15, -0.1) is 13.2 Å². The monoisotopic (exact) mass is 511 g/mol. The molecule has 1 amide bonds. The molecule has 2 aliphatic carbocycles. The molecule has 1 aromatic carbocycles. The van der Waals surface area contributed by atoms with Gasteiger partial charge in [0.2, 0.25) is 5.95 Å². The number of fused-ring (bicyclic) bond motifs is 1. The maximum Gasteiger partial charge on any atom is 0.573 e. The van der Waals surface area contributed by atoms with Crippen LogP contribution in [0, 0.1) is 0 Å². The molecular weight excluding hydrogens is 483 g/mol. The zero-order valence-electron chi connectivity index (χ0n) is 19.7. The molecule has 2 aromatic rings. The number of rotatable bonds is 6. The largest absolute Gasteiger partial charge is 0.573 e. The van der Waals surface area contributed by atoms with Crippen molar-refractivity contribution in [3.8, 4) is 5.75 Å². The number of nitrogens with one attached hydrogen (secondary N) is 2. The highest BCUT2D eigenvalue weighted by Gasteiger charge is 2.32. The first-order valence-corrected chi connectivity index (χ1v) is 12.2. The van der Waals surface area contributed by atoms with Gasteiger partial charge >= 0.3 is 6.36 Å². The number of carbonyl (C=O) groups is 1. The predicted octanol–water partition coefficient (Wildman–Crippen LogP) is 5.13. The predicted molar refractivity (Wildman–Crippen MR) is 128 cm³/mol. The van der Waals surface area contributed by atoms with Gasteiger partial charge in [-0.3, -0.25) is 4.79 Å². The smallest absolute Gasteiger partial charge is 0.404 e. The van der Waals surface area contributed by atoms with E-state index in [1.54, 1.807) is 0 Å². The second-order valence-electron chi connectivity index (χ2n) is 9.26. The summed E-state index contributed by atoms with van der Waals surface area (Å²) in [6, 6.07) is 3.67. The number of amides is 1. The standard InChI is InChI=1S/C24H29ClF3N5O2/c1-33(2)21-17-5-3-4-6-19(17)31-23(32-21)30-16-10-8-15(9-11-16)29-22(34)14-7-12-20(18(25)13-14)35-24(26,27)28/h7,12-13,15-16H,3-6,8-11H2,1-2H3,(H,29,34)(H,30,31,32). The van der Waals surface area contributed by atoms with Gasteiger partial charge < -0.3 is 20.3 Å². The molecule has 0 unspecified atom stereocenters. The topological polar surface area (TPSA) is 79.4 Å². The quantitative estimate of drug-likeness (QED) is 0.560. The second-order valence-corrected chi connectivity index (χ2v) is 9.66. The summed E-state index contributed by atoms with van der Waals surface area (Å²) < 4.78 is 41.1. The van der Waals surface area contributed by atoms with Gasteiger partial charge in [-0.25, -0.2) is 4.98 Å². The summed E-state index contributed by atoms with van der Waals surface area (Å²) >= 11 is 5.87. The van der Waals surface area contributed by atoms with Crippen LogP contribution in [0.3, 0.4) is 0 Å². The number of carbonyl (C=O) groups excluding carboxylic acids is 1. The summed E-state index contributed by atoms with van der Waals surface area (Å²) in [6.45, 7) is 0. The maximum absolute atomic E-state index is 12.6. The maximum atomic E-state index is 12.6. The van der Waals surface area contributed by atoms with E-state index in [0.717, 1.165) is 68.9 Å². The van der Waals surface area contributed by atoms with E-state index in [2.05, 4.69) is 15.4 Å². The number of hydrogen-bond acceptors (Lipinski definition) is 6. The number of alkyl halides is 3. The Morgan fingerprint density at radius 2 is 1.77 bits per heavy atom. The van der Waals surface area contributed by atoms with Crippen molar-refractivity contribution in [2.75, 3.05) is 24.3 Å². The Morgan fingerprint density at radius 3 is 2.43 bits per heavy atom. The van der Waals surface area contributed by atoms with Crippen LogP contribution in [0.4, 0.5) is 24.9 Å². The molecular formula is C24H29ClF3N5O2. The van der Waals surface area contributed by atoms with Crippen LogP contribution in [0.1, 0.15) is 60.1 Å². The third kappa shape index (κ3) is 6.48. The van der Waals surface area contributed by atoms with Crippen LogP contribution in [0.15, 0.2) is 18.2 Å². The van der Waals surface area contributed by atoms with Crippen molar-refractivity contribution in [1.82, 2.24) is 15.3 Å². The van der Waals surface area contributed by atoms with Gasteiger partial charge in [0.15, 0.2) is 0 Å². The summed E-state index contributed by atoms with van der Waals surface area (Å²) in [4.78, 5) is 24.2. The average Bonchev–Trinajstić information content (AvgIpc) is 2.80. The van der Waals surface area contributed by atoms with Crippen LogP contribution < -0.4 is 20.3 Å². The molecule has 1 heterocycles. The van der Waals surface area contributed by atoms with Crippen LogP contribution in [0.2, 0.25) is 5.02 Å². The molecule has 0 atom stereocenters. The van der Waals surface area contributed by atoms with Crippen molar-refractivity contribution in [2.45, 2.75) is 69.8 Å². The van der Waals surface area contributed by atoms with Gasteiger partial charge in [-0.2, -0.15) is 4.98 Å². The first-order chi connectivity index (χ1) is 16.6. The Hall–Kier alpha value is -2.75. The molecule has 2 N–H and O–H groups in total. The van der Waals surface area contributed by atoms with Crippen molar-refractivity contribution in [1.29, 1.82) is 0 Å².